The fourth-order valence-electron chi connectivity index (χ4n) is 0.451. The van der Waals surface area contributed by atoms with Crippen molar-refractivity contribution in [3.8, 4) is 0 Å². The predicted molar refractivity (Wildman–Crippen MR) is 53.9 cm³/mol. The first-order valence-electron chi connectivity index (χ1n) is 4.54. The molecular weight excluding hydrogens is 188 g/mol. The third kappa shape index (κ3) is 22.6. The molecular formula is C8H22N2O4. The van der Waals surface area contributed by atoms with E-state index in [1.165, 1.54) is 0 Å². The van der Waals surface area contributed by atoms with Crippen LogP contribution in [-0.2, 0) is 9.47 Å². The lowest BCUT2D eigenvalue weighted by molar-refractivity contribution is 0.0222. The van der Waals surface area contributed by atoms with Gasteiger partial charge in [0.15, 0.2) is 0 Å². The Morgan fingerprint density at radius 3 is 1.36 bits per heavy atom. The molecule has 0 aliphatic heterocycles. The molecule has 0 aromatic carbocycles. The van der Waals surface area contributed by atoms with Crippen LogP contribution in [0.1, 0.15) is 0 Å². The van der Waals surface area contributed by atoms with Gasteiger partial charge in [0, 0.05) is 0 Å². The SMILES string of the molecule is CNNC.OCCOCCOCCO. The first kappa shape index (κ1) is 16.2. The Morgan fingerprint density at radius 1 is 0.786 bits per heavy atom. The lowest BCUT2D eigenvalue weighted by Gasteiger charge is -2.01. The van der Waals surface area contributed by atoms with Crippen LogP contribution in [0.4, 0.5) is 0 Å². The highest BCUT2D eigenvalue weighted by Gasteiger charge is 1.86. The van der Waals surface area contributed by atoms with E-state index in [4.69, 9.17) is 19.7 Å². The molecule has 0 amide bonds. The molecule has 4 N–H and O–H groups in total. The van der Waals surface area contributed by atoms with Gasteiger partial charge in [0.25, 0.3) is 0 Å². The first-order valence-corrected chi connectivity index (χ1v) is 4.54. The number of hydrazine groups is 1. The van der Waals surface area contributed by atoms with Gasteiger partial charge in [-0.05, 0) is 14.1 Å². The van der Waals surface area contributed by atoms with E-state index in [2.05, 4.69) is 10.9 Å². The van der Waals surface area contributed by atoms with Gasteiger partial charge in [-0.15, -0.1) is 0 Å². The molecule has 0 saturated carbocycles. The van der Waals surface area contributed by atoms with Crippen LogP contribution in [0.25, 0.3) is 0 Å². The van der Waals surface area contributed by atoms with Crippen molar-refractivity contribution in [3.05, 3.63) is 0 Å². The van der Waals surface area contributed by atoms with Crippen LogP contribution in [-0.4, -0.2) is 63.9 Å². The summed E-state index contributed by atoms with van der Waals surface area (Å²) in [7, 11) is 3.64. The van der Waals surface area contributed by atoms with Gasteiger partial charge in [0.2, 0.25) is 0 Å². The van der Waals surface area contributed by atoms with Crippen molar-refractivity contribution in [2.45, 2.75) is 0 Å². The normalized spacial score (nSPS) is 9.43. The summed E-state index contributed by atoms with van der Waals surface area (Å²) in [6, 6.07) is 0. The Kier molecular flexibility index (Phi) is 21.4. The number of aliphatic hydroxyl groups is 2. The lowest BCUT2D eigenvalue weighted by Crippen LogP contribution is -2.21. The largest absolute Gasteiger partial charge is 0.394 e. The maximum atomic E-state index is 8.26. The molecule has 0 heterocycles. The topological polar surface area (TPSA) is 83.0 Å². The highest BCUT2D eigenvalue weighted by Crippen LogP contribution is 1.76. The second-order valence-electron chi connectivity index (χ2n) is 2.17. The molecule has 0 aromatic heterocycles. The number of hydrogen-bond donors (Lipinski definition) is 4. The lowest BCUT2D eigenvalue weighted by atomic mass is 10.7. The van der Waals surface area contributed by atoms with E-state index in [1.54, 1.807) is 0 Å². The van der Waals surface area contributed by atoms with E-state index in [1.807, 2.05) is 14.1 Å². The summed E-state index contributed by atoms with van der Waals surface area (Å²) in [5.74, 6) is 0. The van der Waals surface area contributed by atoms with Crippen molar-refractivity contribution in [1.82, 2.24) is 10.9 Å². The standard InChI is InChI=1S/C6H14O4.C2H8N2/c7-1-3-9-5-6-10-4-2-8;1-3-4-2/h7-8H,1-6H2;3-4H,1-2H3. The number of aliphatic hydroxyl groups excluding tert-OH is 2. The zero-order valence-corrected chi connectivity index (χ0v) is 8.95. The Labute approximate surface area is 85.2 Å². The molecule has 6 heteroatoms. The van der Waals surface area contributed by atoms with E-state index < -0.39 is 0 Å². The van der Waals surface area contributed by atoms with Gasteiger partial charge in [-0.25, -0.2) is 0 Å². The highest BCUT2D eigenvalue weighted by atomic mass is 16.5. The fourth-order valence-corrected chi connectivity index (χ4v) is 0.451. The van der Waals surface area contributed by atoms with Crippen molar-refractivity contribution < 1.29 is 19.7 Å². The number of nitrogens with one attached hydrogen (secondary N) is 2. The highest BCUT2D eigenvalue weighted by molar-refractivity contribution is 4.30. The van der Waals surface area contributed by atoms with Crippen molar-refractivity contribution in [3.63, 3.8) is 0 Å². The van der Waals surface area contributed by atoms with E-state index >= 15 is 0 Å². The maximum absolute atomic E-state index is 8.26. The molecule has 0 saturated heterocycles. The number of ether oxygens (including phenoxy) is 2. The van der Waals surface area contributed by atoms with Crippen molar-refractivity contribution in [2.75, 3.05) is 53.7 Å². The van der Waals surface area contributed by atoms with E-state index in [0.29, 0.717) is 26.4 Å². The quantitative estimate of drug-likeness (QED) is 0.284. The Hall–Kier alpha value is -0.240. The summed E-state index contributed by atoms with van der Waals surface area (Å²) in [6.45, 7) is 1.73. The number of rotatable bonds is 8. The molecule has 0 unspecified atom stereocenters. The molecule has 0 aromatic rings. The van der Waals surface area contributed by atoms with E-state index in [-0.39, 0.29) is 13.2 Å². The van der Waals surface area contributed by atoms with E-state index in [0.717, 1.165) is 0 Å². The summed E-state index contributed by atoms with van der Waals surface area (Å²) in [4.78, 5) is 0. The molecule has 0 rings (SSSR count). The fraction of sp³-hybridized carbons (Fsp3) is 1.00. The maximum Gasteiger partial charge on any atom is 0.0701 e. The number of hydrogen-bond acceptors (Lipinski definition) is 6. The molecule has 14 heavy (non-hydrogen) atoms. The average molecular weight is 210 g/mol. The average Bonchev–Trinajstić information content (AvgIpc) is 2.24. The Morgan fingerprint density at radius 2 is 1.14 bits per heavy atom. The molecule has 0 aliphatic rings. The van der Waals surface area contributed by atoms with Crippen LogP contribution in [0, 0.1) is 0 Å². The van der Waals surface area contributed by atoms with Gasteiger partial charge in [0.1, 0.15) is 0 Å². The van der Waals surface area contributed by atoms with Crippen LogP contribution in [0.2, 0.25) is 0 Å². The molecule has 0 fully saturated rings. The van der Waals surface area contributed by atoms with Crippen LogP contribution in [0.5, 0.6) is 0 Å². The summed E-state index contributed by atoms with van der Waals surface area (Å²) in [6.07, 6.45) is 0. The molecule has 0 aliphatic carbocycles. The molecule has 0 radical (unpaired) electrons. The van der Waals surface area contributed by atoms with Crippen LogP contribution >= 0.6 is 0 Å². The van der Waals surface area contributed by atoms with Crippen molar-refractivity contribution >= 4 is 0 Å². The minimum absolute atomic E-state index is 0.0417. The zero-order chi connectivity index (χ0) is 11.1. The minimum Gasteiger partial charge on any atom is -0.394 e. The van der Waals surface area contributed by atoms with Gasteiger partial charge in [-0.3, -0.25) is 10.9 Å². The summed E-state index contributed by atoms with van der Waals surface area (Å²) in [5.41, 5.74) is 5.36. The van der Waals surface area contributed by atoms with Gasteiger partial charge in [0.05, 0.1) is 39.6 Å². The molecule has 6 nitrogen and oxygen atoms in total. The molecule has 0 spiro atoms. The summed E-state index contributed by atoms with van der Waals surface area (Å²) >= 11 is 0. The van der Waals surface area contributed by atoms with Crippen molar-refractivity contribution in [1.29, 1.82) is 0 Å². The summed E-state index contributed by atoms with van der Waals surface area (Å²) < 4.78 is 9.75. The van der Waals surface area contributed by atoms with Gasteiger partial charge >= 0.3 is 0 Å². The van der Waals surface area contributed by atoms with Crippen LogP contribution in [0.15, 0.2) is 0 Å². The van der Waals surface area contributed by atoms with Gasteiger partial charge < -0.3 is 19.7 Å². The van der Waals surface area contributed by atoms with Crippen LogP contribution < -0.4 is 10.9 Å². The van der Waals surface area contributed by atoms with Crippen LogP contribution in [0.3, 0.4) is 0 Å². The first-order chi connectivity index (χ1) is 6.83. The van der Waals surface area contributed by atoms with Gasteiger partial charge in [-0.2, -0.15) is 0 Å². The second kappa shape index (κ2) is 18.5. The zero-order valence-electron chi connectivity index (χ0n) is 8.95. The smallest absolute Gasteiger partial charge is 0.0701 e. The van der Waals surface area contributed by atoms with Crippen molar-refractivity contribution in [2.24, 2.45) is 0 Å². The van der Waals surface area contributed by atoms with E-state index in [9.17, 15) is 0 Å². The predicted octanol–water partition coefficient (Wildman–Crippen LogP) is -1.66. The minimum atomic E-state index is 0.0417. The molecule has 0 bridgehead atoms. The second-order valence-corrected chi connectivity index (χ2v) is 2.17. The third-order valence-corrected chi connectivity index (χ3v) is 1.09. The third-order valence-electron chi connectivity index (χ3n) is 1.09. The summed E-state index contributed by atoms with van der Waals surface area (Å²) in [5, 5.41) is 16.5. The Balaban J connectivity index is 0. The molecule has 88 valence electrons. The van der Waals surface area contributed by atoms with Gasteiger partial charge in [-0.1, -0.05) is 0 Å². The Bertz CT molecular complexity index is 75.7. The molecule has 0 atom stereocenters. The monoisotopic (exact) mass is 210 g/mol.